The molecule has 0 amide bonds. The largest absolute Gasteiger partial charge is 0.393 e. The summed E-state index contributed by atoms with van der Waals surface area (Å²) in [5, 5.41) is 9.79. The molecule has 2 nitrogen and oxygen atoms in total. The lowest BCUT2D eigenvalue weighted by molar-refractivity contribution is 0.0666. The molecule has 2 atom stereocenters. The highest BCUT2D eigenvalue weighted by Crippen LogP contribution is 2.31. The zero-order valence-corrected chi connectivity index (χ0v) is 8.95. The zero-order chi connectivity index (χ0) is 9.80. The summed E-state index contributed by atoms with van der Waals surface area (Å²) >= 11 is 0. The van der Waals surface area contributed by atoms with Crippen LogP contribution in [0.3, 0.4) is 0 Å². The smallest absolute Gasteiger partial charge is 0.0577 e. The maximum absolute atomic E-state index is 9.79. The van der Waals surface area contributed by atoms with E-state index in [1.165, 1.54) is 32.1 Å². The molecule has 14 heavy (non-hydrogen) atoms. The van der Waals surface area contributed by atoms with Gasteiger partial charge in [-0.2, -0.15) is 0 Å². The van der Waals surface area contributed by atoms with Crippen LogP contribution in [0.2, 0.25) is 0 Å². The molecule has 0 radical (unpaired) electrons. The molecule has 2 heteroatoms. The minimum Gasteiger partial charge on any atom is -0.393 e. The van der Waals surface area contributed by atoms with Crippen molar-refractivity contribution >= 4 is 0 Å². The van der Waals surface area contributed by atoms with Gasteiger partial charge in [0.25, 0.3) is 0 Å². The van der Waals surface area contributed by atoms with Crippen LogP contribution >= 0.6 is 0 Å². The van der Waals surface area contributed by atoms with E-state index in [4.69, 9.17) is 4.74 Å². The van der Waals surface area contributed by atoms with Crippen LogP contribution in [0.1, 0.15) is 51.4 Å². The van der Waals surface area contributed by atoms with Gasteiger partial charge in [-0.15, -0.1) is 0 Å². The van der Waals surface area contributed by atoms with E-state index in [1.54, 1.807) is 0 Å². The van der Waals surface area contributed by atoms with Crippen molar-refractivity contribution < 1.29 is 9.84 Å². The molecule has 1 heterocycles. The van der Waals surface area contributed by atoms with Crippen LogP contribution in [0.4, 0.5) is 0 Å². The van der Waals surface area contributed by atoms with Gasteiger partial charge in [0.2, 0.25) is 0 Å². The Morgan fingerprint density at radius 3 is 2.64 bits per heavy atom. The van der Waals surface area contributed by atoms with Crippen LogP contribution in [0.5, 0.6) is 0 Å². The van der Waals surface area contributed by atoms with E-state index in [0.29, 0.717) is 6.10 Å². The molecule has 0 spiro atoms. The second-order valence-corrected chi connectivity index (χ2v) is 4.90. The van der Waals surface area contributed by atoms with Crippen LogP contribution in [0.15, 0.2) is 0 Å². The second-order valence-electron chi connectivity index (χ2n) is 4.90. The van der Waals surface area contributed by atoms with Crippen LogP contribution < -0.4 is 0 Å². The standard InChI is InChI=1S/C12H22O2/c13-11(9-10-3-1-4-10)6-7-12-5-2-8-14-12/h10-13H,1-9H2. The molecule has 0 aromatic heterocycles. The van der Waals surface area contributed by atoms with Gasteiger partial charge in [-0.25, -0.2) is 0 Å². The Hall–Kier alpha value is -0.0800. The molecule has 1 saturated carbocycles. The Balaban J connectivity index is 1.54. The minimum atomic E-state index is -0.0653. The topological polar surface area (TPSA) is 29.5 Å². The Bertz CT molecular complexity index is 160. The Morgan fingerprint density at radius 2 is 2.07 bits per heavy atom. The molecular formula is C12H22O2. The van der Waals surface area contributed by atoms with Crippen molar-refractivity contribution in [2.45, 2.75) is 63.6 Å². The van der Waals surface area contributed by atoms with Gasteiger partial charge in [-0.3, -0.25) is 0 Å². The van der Waals surface area contributed by atoms with E-state index in [0.717, 1.165) is 31.8 Å². The number of hydrogen-bond acceptors (Lipinski definition) is 2. The molecule has 0 bridgehead atoms. The molecule has 1 aliphatic heterocycles. The van der Waals surface area contributed by atoms with E-state index in [-0.39, 0.29) is 6.10 Å². The first-order valence-electron chi connectivity index (χ1n) is 6.14. The molecule has 82 valence electrons. The lowest BCUT2D eigenvalue weighted by Gasteiger charge is -2.27. The van der Waals surface area contributed by atoms with Crippen molar-refractivity contribution in [2.24, 2.45) is 5.92 Å². The Morgan fingerprint density at radius 1 is 1.21 bits per heavy atom. The second kappa shape index (κ2) is 5.13. The molecular weight excluding hydrogens is 176 g/mol. The van der Waals surface area contributed by atoms with Gasteiger partial charge in [0.1, 0.15) is 0 Å². The molecule has 2 rings (SSSR count). The first-order valence-corrected chi connectivity index (χ1v) is 6.14. The number of aliphatic hydroxyl groups excluding tert-OH is 1. The van der Waals surface area contributed by atoms with Gasteiger partial charge in [-0.1, -0.05) is 19.3 Å². The van der Waals surface area contributed by atoms with Crippen LogP contribution in [0.25, 0.3) is 0 Å². The van der Waals surface area contributed by atoms with Crippen molar-refractivity contribution in [2.75, 3.05) is 6.61 Å². The van der Waals surface area contributed by atoms with Gasteiger partial charge in [0.05, 0.1) is 12.2 Å². The van der Waals surface area contributed by atoms with Gasteiger partial charge in [0, 0.05) is 6.61 Å². The summed E-state index contributed by atoms with van der Waals surface area (Å²) in [5.41, 5.74) is 0. The normalized spacial score (nSPS) is 30.2. The van der Waals surface area contributed by atoms with Crippen molar-refractivity contribution in [3.63, 3.8) is 0 Å². The predicted molar refractivity (Wildman–Crippen MR) is 56.2 cm³/mol. The van der Waals surface area contributed by atoms with Gasteiger partial charge in [-0.05, 0) is 38.0 Å². The fraction of sp³-hybridized carbons (Fsp3) is 1.00. The van der Waals surface area contributed by atoms with E-state index in [1.807, 2.05) is 0 Å². The molecule has 2 fully saturated rings. The summed E-state index contributed by atoms with van der Waals surface area (Å²) in [6.07, 6.45) is 9.91. The molecule has 0 aromatic rings. The molecule has 1 saturated heterocycles. The third-order valence-electron chi connectivity index (χ3n) is 3.68. The third kappa shape index (κ3) is 2.96. The maximum Gasteiger partial charge on any atom is 0.0577 e. The number of aliphatic hydroxyl groups is 1. The average molecular weight is 198 g/mol. The summed E-state index contributed by atoms with van der Waals surface area (Å²) in [6.45, 7) is 0.934. The Kier molecular flexibility index (Phi) is 3.82. The SMILES string of the molecule is OC(CCC1CCCO1)CC1CCC1. The molecule has 0 aromatic carbocycles. The number of rotatable bonds is 5. The lowest BCUT2D eigenvalue weighted by atomic mass is 9.81. The van der Waals surface area contributed by atoms with Crippen molar-refractivity contribution in [3.05, 3.63) is 0 Å². The highest BCUT2D eigenvalue weighted by atomic mass is 16.5. The first-order chi connectivity index (χ1) is 6.84. The van der Waals surface area contributed by atoms with Crippen molar-refractivity contribution in [3.8, 4) is 0 Å². The maximum atomic E-state index is 9.79. The summed E-state index contributed by atoms with van der Waals surface area (Å²) in [7, 11) is 0. The highest BCUT2D eigenvalue weighted by molar-refractivity contribution is 4.74. The summed E-state index contributed by atoms with van der Waals surface area (Å²) in [5.74, 6) is 0.828. The quantitative estimate of drug-likeness (QED) is 0.735. The zero-order valence-electron chi connectivity index (χ0n) is 8.95. The predicted octanol–water partition coefficient (Wildman–Crippen LogP) is 2.50. The minimum absolute atomic E-state index is 0.0653. The summed E-state index contributed by atoms with van der Waals surface area (Å²) < 4.78 is 5.54. The van der Waals surface area contributed by atoms with E-state index >= 15 is 0 Å². The van der Waals surface area contributed by atoms with Gasteiger partial charge >= 0.3 is 0 Å². The van der Waals surface area contributed by atoms with Crippen LogP contribution in [-0.2, 0) is 4.74 Å². The third-order valence-corrected chi connectivity index (χ3v) is 3.68. The number of hydrogen-bond donors (Lipinski definition) is 1. The van der Waals surface area contributed by atoms with Crippen molar-refractivity contribution in [1.29, 1.82) is 0 Å². The summed E-state index contributed by atoms with van der Waals surface area (Å²) in [4.78, 5) is 0. The molecule has 1 N–H and O–H groups in total. The fourth-order valence-electron chi connectivity index (χ4n) is 2.48. The van der Waals surface area contributed by atoms with Crippen molar-refractivity contribution in [1.82, 2.24) is 0 Å². The lowest BCUT2D eigenvalue weighted by Crippen LogP contribution is -2.20. The fourth-order valence-corrected chi connectivity index (χ4v) is 2.48. The van der Waals surface area contributed by atoms with E-state index in [9.17, 15) is 5.11 Å². The molecule has 1 aliphatic carbocycles. The average Bonchev–Trinajstić information content (AvgIpc) is 2.60. The van der Waals surface area contributed by atoms with Crippen LogP contribution in [-0.4, -0.2) is 23.9 Å². The summed E-state index contributed by atoms with van der Waals surface area (Å²) in [6, 6.07) is 0. The van der Waals surface area contributed by atoms with Gasteiger partial charge in [0.15, 0.2) is 0 Å². The van der Waals surface area contributed by atoms with Crippen LogP contribution in [0, 0.1) is 5.92 Å². The molecule has 2 aliphatic rings. The molecule has 2 unspecified atom stereocenters. The van der Waals surface area contributed by atoms with Gasteiger partial charge < -0.3 is 9.84 Å². The van der Waals surface area contributed by atoms with E-state index in [2.05, 4.69) is 0 Å². The number of ether oxygens (including phenoxy) is 1. The first kappa shape index (κ1) is 10.4. The van der Waals surface area contributed by atoms with E-state index < -0.39 is 0 Å². The Labute approximate surface area is 86.6 Å². The monoisotopic (exact) mass is 198 g/mol. The highest BCUT2D eigenvalue weighted by Gasteiger charge is 2.22.